The third kappa shape index (κ3) is 6.88. The van der Waals surface area contributed by atoms with E-state index in [1.807, 2.05) is 12.1 Å². The van der Waals surface area contributed by atoms with Gasteiger partial charge in [-0.25, -0.2) is 21.1 Å². The number of allylic oxidation sites excluding steroid dienone is 2. The monoisotopic (exact) mass is 503 g/mol. The zero-order chi connectivity index (χ0) is 22.8. The van der Waals surface area contributed by atoms with Gasteiger partial charge in [-0.3, -0.25) is 0 Å². The Morgan fingerprint density at radius 1 is 1.16 bits per heavy atom. The lowest BCUT2D eigenvalue weighted by Gasteiger charge is -2.35. The van der Waals surface area contributed by atoms with Crippen LogP contribution in [-0.4, -0.2) is 52.9 Å². The minimum Gasteiger partial charge on any atom is -0.225 e. The zero-order valence-electron chi connectivity index (χ0n) is 18.1. The Morgan fingerprint density at radius 3 is 2.45 bits per heavy atom. The summed E-state index contributed by atoms with van der Waals surface area (Å²) < 4.78 is 48.2. The quantitative estimate of drug-likeness (QED) is 0.393. The number of piperidine rings is 1. The van der Waals surface area contributed by atoms with Crippen LogP contribution in [0.1, 0.15) is 49.1 Å². The summed E-state index contributed by atoms with van der Waals surface area (Å²) in [6, 6.07) is 6.02. The number of benzene rings is 1. The van der Waals surface area contributed by atoms with Gasteiger partial charge in [-0.1, -0.05) is 35.9 Å². The van der Waals surface area contributed by atoms with Gasteiger partial charge in [-0.2, -0.15) is 0 Å². The largest absolute Gasteiger partial charge is 0.225 e. The summed E-state index contributed by atoms with van der Waals surface area (Å²) in [6.45, 7) is 5.48. The molecule has 0 amide bonds. The summed E-state index contributed by atoms with van der Waals surface area (Å²) in [5, 5.41) is 0.686. The van der Waals surface area contributed by atoms with Crippen LogP contribution in [0.4, 0.5) is 0 Å². The van der Waals surface area contributed by atoms with Gasteiger partial charge in [-0.05, 0) is 78.9 Å². The average Bonchev–Trinajstić information content (AvgIpc) is 2.80. The summed E-state index contributed by atoms with van der Waals surface area (Å²) >= 11 is 6.30. The number of hydrogen-bond donors (Lipinski definition) is 0. The lowest BCUT2D eigenvalue weighted by atomic mass is 9.76. The predicted octanol–water partition coefficient (Wildman–Crippen LogP) is 4.86. The topological polar surface area (TPSA) is 71.5 Å². The highest BCUT2D eigenvalue weighted by Gasteiger charge is 2.33. The van der Waals surface area contributed by atoms with Gasteiger partial charge < -0.3 is 0 Å². The van der Waals surface area contributed by atoms with Crippen LogP contribution in [0.5, 0.6) is 0 Å². The third-order valence-electron chi connectivity index (χ3n) is 6.22. The van der Waals surface area contributed by atoms with Crippen molar-refractivity contribution in [3.8, 4) is 0 Å². The second kappa shape index (κ2) is 10.0. The van der Waals surface area contributed by atoms with Crippen LogP contribution in [0.15, 0.2) is 35.9 Å². The normalized spacial score (nSPS) is 21.8. The van der Waals surface area contributed by atoms with Gasteiger partial charge >= 0.3 is 0 Å². The maximum atomic E-state index is 11.9. The fraction of sp³-hybridized carbons (Fsp3) is 0.545. The lowest BCUT2D eigenvalue weighted by Crippen LogP contribution is -2.39. The van der Waals surface area contributed by atoms with Crippen LogP contribution < -0.4 is 0 Å². The molecule has 1 aliphatic heterocycles. The molecule has 172 valence electrons. The molecule has 9 heteroatoms. The highest BCUT2D eigenvalue weighted by Crippen LogP contribution is 2.44. The molecule has 0 radical (unpaired) electrons. The van der Waals surface area contributed by atoms with Crippen molar-refractivity contribution in [2.45, 2.75) is 38.0 Å². The maximum absolute atomic E-state index is 11.9. The molecule has 2 aliphatic rings. The number of hydrogen-bond acceptors (Lipinski definition) is 4. The highest BCUT2D eigenvalue weighted by atomic mass is 35.5. The molecule has 1 aliphatic carbocycles. The average molecular weight is 504 g/mol. The van der Waals surface area contributed by atoms with Crippen LogP contribution in [0.2, 0.25) is 5.02 Å². The van der Waals surface area contributed by atoms with Crippen molar-refractivity contribution >= 4 is 44.9 Å². The summed E-state index contributed by atoms with van der Waals surface area (Å²) in [5.74, 6) is 0.655. The van der Waals surface area contributed by atoms with Crippen molar-refractivity contribution in [1.29, 1.82) is 0 Å². The standard InChI is InChI=1S/C22H31ClNO4PS2/c1-16-13-22(17-8-10-24(11-9-17)30(2,25)26)21-7-6-20(23)15-19(21)14-18(16)5-4-12-29-31(3,27)28/h6-7,14-15,17,22,29H,1,4-5,8-13H2,2-3H3. The van der Waals surface area contributed by atoms with Gasteiger partial charge in [0, 0.05) is 32.2 Å². The predicted molar refractivity (Wildman–Crippen MR) is 132 cm³/mol. The number of nitrogens with zero attached hydrogens (tertiary/aromatic N) is 1. The Hall–Kier alpha value is -0.720. The molecule has 0 N–H and O–H groups in total. The van der Waals surface area contributed by atoms with E-state index in [1.165, 1.54) is 18.1 Å². The molecular formula is C22H31ClNO4PS2. The Labute approximate surface area is 193 Å². The van der Waals surface area contributed by atoms with E-state index in [1.54, 1.807) is 4.31 Å². The minimum atomic E-state index is -3.15. The van der Waals surface area contributed by atoms with E-state index in [2.05, 4.69) is 18.7 Å². The Bertz CT molecular complexity index is 1070. The summed E-state index contributed by atoms with van der Waals surface area (Å²) in [7, 11) is -6.12. The fourth-order valence-electron chi connectivity index (χ4n) is 4.62. The number of fused-ring (bicyclic) bond motifs is 1. The Kier molecular flexibility index (Phi) is 8.07. The molecule has 2 unspecified atom stereocenters. The fourth-order valence-corrected chi connectivity index (χ4v) is 7.91. The molecule has 1 heterocycles. The molecule has 31 heavy (non-hydrogen) atoms. The molecule has 0 spiro atoms. The van der Waals surface area contributed by atoms with E-state index in [-0.39, 0.29) is 13.7 Å². The Morgan fingerprint density at radius 2 is 1.84 bits per heavy atom. The van der Waals surface area contributed by atoms with Crippen LogP contribution >= 0.6 is 19.4 Å². The van der Waals surface area contributed by atoms with Crippen molar-refractivity contribution in [1.82, 2.24) is 4.31 Å². The van der Waals surface area contributed by atoms with Crippen LogP contribution in [0.3, 0.4) is 0 Å². The van der Waals surface area contributed by atoms with Crippen molar-refractivity contribution in [3.05, 3.63) is 52.1 Å². The molecule has 2 atom stereocenters. The van der Waals surface area contributed by atoms with Gasteiger partial charge in [-0.15, -0.1) is 0 Å². The number of sulfonamides is 1. The highest BCUT2D eigenvalue weighted by molar-refractivity contribution is 8.43. The maximum Gasteiger partial charge on any atom is 0.211 e. The first-order valence-corrected chi connectivity index (χ1v) is 16.6. The van der Waals surface area contributed by atoms with Crippen molar-refractivity contribution in [2.75, 3.05) is 31.8 Å². The molecule has 1 aromatic carbocycles. The SMILES string of the molecule is C=C1CC(C2CCN(S(C)(=O)=O)CC2)c2ccc(Cl)cc2C=C1CCCPS(C)(=O)=O. The second-order valence-electron chi connectivity index (χ2n) is 8.63. The molecule has 1 aromatic rings. The first kappa shape index (κ1) is 24.9. The van der Waals surface area contributed by atoms with E-state index in [0.717, 1.165) is 48.8 Å². The number of halogens is 1. The molecule has 0 aromatic heterocycles. The first-order chi connectivity index (χ1) is 14.4. The molecule has 1 saturated heterocycles. The molecule has 3 rings (SSSR count). The van der Waals surface area contributed by atoms with Gasteiger partial charge in [0.05, 0.1) is 6.26 Å². The van der Waals surface area contributed by atoms with Crippen LogP contribution in [-0.2, 0) is 19.5 Å². The van der Waals surface area contributed by atoms with Gasteiger partial charge in [0.2, 0.25) is 10.0 Å². The van der Waals surface area contributed by atoms with E-state index >= 15 is 0 Å². The lowest BCUT2D eigenvalue weighted by molar-refractivity contribution is 0.243. The van der Waals surface area contributed by atoms with E-state index in [0.29, 0.717) is 30.2 Å². The van der Waals surface area contributed by atoms with Crippen LogP contribution in [0, 0.1) is 5.92 Å². The summed E-state index contributed by atoms with van der Waals surface area (Å²) in [5.41, 5.74) is 4.60. The van der Waals surface area contributed by atoms with Crippen molar-refractivity contribution < 1.29 is 16.8 Å². The molecule has 0 bridgehead atoms. The second-order valence-corrected chi connectivity index (χ2v) is 16.5. The van der Waals surface area contributed by atoms with E-state index in [9.17, 15) is 16.8 Å². The Balaban J connectivity index is 1.78. The molecular weight excluding hydrogens is 473 g/mol. The van der Waals surface area contributed by atoms with Gasteiger partial charge in [0.1, 0.15) is 0 Å². The van der Waals surface area contributed by atoms with Gasteiger partial charge in [0.25, 0.3) is 0 Å². The van der Waals surface area contributed by atoms with E-state index in [4.69, 9.17) is 11.6 Å². The van der Waals surface area contributed by atoms with Crippen molar-refractivity contribution in [3.63, 3.8) is 0 Å². The molecule has 0 saturated carbocycles. The molecule has 1 fully saturated rings. The zero-order valence-corrected chi connectivity index (χ0v) is 21.5. The molecule has 5 nitrogen and oxygen atoms in total. The third-order valence-corrected chi connectivity index (χ3v) is 11.0. The van der Waals surface area contributed by atoms with Gasteiger partial charge in [0.15, 0.2) is 9.46 Å². The summed E-state index contributed by atoms with van der Waals surface area (Å²) in [6.07, 6.45) is 9.49. The smallest absolute Gasteiger partial charge is 0.211 e. The first-order valence-electron chi connectivity index (χ1n) is 10.5. The summed E-state index contributed by atoms with van der Waals surface area (Å²) in [4.78, 5) is 0. The van der Waals surface area contributed by atoms with Crippen LogP contribution in [0.25, 0.3) is 6.08 Å². The van der Waals surface area contributed by atoms with Crippen molar-refractivity contribution in [2.24, 2.45) is 5.92 Å². The van der Waals surface area contributed by atoms with E-state index < -0.39 is 19.5 Å². The number of rotatable bonds is 7. The minimum absolute atomic E-state index is 0.0541.